The van der Waals surface area contributed by atoms with E-state index >= 15 is 0 Å². The number of aryl methyl sites for hydroxylation is 1. The Morgan fingerprint density at radius 1 is 1.50 bits per heavy atom. The molecule has 1 saturated heterocycles. The Kier molecular flexibility index (Phi) is 1.73. The Bertz CT molecular complexity index is 401. The number of nitrogens with two attached hydrogens (primary N) is 1. The maximum absolute atomic E-state index is 10.7. The third-order valence-corrected chi connectivity index (χ3v) is 1.99. The molecular formula is C7H9N5O2. The van der Waals surface area contributed by atoms with E-state index in [1.165, 1.54) is 0 Å². The van der Waals surface area contributed by atoms with Crippen LogP contribution in [0.4, 0.5) is 17.5 Å². The van der Waals surface area contributed by atoms with E-state index in [2.05, 4.69) is 9.97 Å². The molecule has 74 valence electrons. The summed E-state index contributed by atoms with van der Waals surface area (Å²) in [4.78, 5) is 19.7. The third-order valence-electron chi connectivity index (χ3n) is 1.99. The fourth-order valence-corrected chi connectivity index (χ4v) is 1.27. The van der Waals surface area contributed by atoms with E-state index in [0.29, 0.717) is 11.5 Å². The number of rotatable bonds is 2. The van der Waals surface area contributed by atoms with Crippen molar-refractivity contribution in [1.29, 1.82) is 0 Å². The minimum atomic E-state index is -0.470. The SMILES string of the molecule is Cc1nc(N)nc(N2CC2)c1[N+](=O)[O-]. The molecule has 2 rings (SSSR count). The summed E-state index contributed by atoms with van der Waals surface area (Å²) in [6, 6.07) is 0. The molecule has 1 aromatic heterocycles. The van der Waals surface area contributed by atoms with Gasteiger partial charge in [-0.1, -0.05) is 0 Å². The number of hydrogen-bond donors (Lipinski definition) is 1. The first-order valence-corrected chi connectivity index (χ1v) is 4.13. The Hall–Kier alpha value is -1.92. The maximum Gasteiger partial charge on any atom is 0.332 e. The van der Waals surface area contributed by atoms with Crippen LogP contribution in [0.1, 0.15) is 5.69 Å². The molecule has 14 heavy (non-hydrogen) atoms. The average Bonchev–Trinajstić information content (AvgIpc) is 2.82. The van der Waals surface area contributed by atoms with Crippen LogP contribution in [0.3, 0.4) is 0 Å². The highest BCUT2D eigenvalue weighted by Gasteiger charge is 2.31. The first-order valence-electron chi connectivity index (χ1n) is 4.13. The highest BCUT2D eigenvalue weighted by Crippen LogP contribution is 2.32. The van der Waals surface area contributed by atoms with Gasteiger partial charge >= 0.3 is 5.69 Å². The van der Waals surface area contributed by atoms with Crippen molar-refractivity contribution >= 4 is 17.5 Å². The molecule has 2 heterocycles. The minimum Gasteiger partial charge on any atom is -0.368 e. The molecule has 2 N–H and O–H groups in total. The van der Waals surface area contributed by atoms with Crippen LogP contribution in [-0.2, 0) is 0 Å². The molecule has 0 aromatic carbocycles. The number of hydrogen-bond acceptors (Lipinski definition) is 6. The molecule has 0 radical (unpaired) electrons. The second-order valence-corrected chi connectivity index (χ2v) is 3.08. The number of aromatic nitrogens is 2. The molecule has 0 aliphatic carbocycles. The lowest BCUT2D eigenvalue weighted by Gasteiger charge is -2.05. The largest absolute Gasteiger partial charge is 0.368 e. The lowest BCUT2D eigenvalue weighted by molar-refractivity contribution is -0.385. The molecule has 0 bridgehead atoms. The van der Waals surface area contributed by atoms with Crippen molar-refractivity contribution < 1.29 is 4.92 Å². The molecular weight excluding hydrogens is 186 g/mol. The van der Waals surface area contributed by atoms with Gasteiger partial charge in [0.15, 0.2) is 0 Å². The number of nitro groups is 1. The highest BCUT2D eigenvalue weighted by atomic mass is 16.6. The molecule has 0 saturated carbocycles. The van der Waals surface area contributed by atoms with E-state index in [0.717, 1.165) is 13.1 Å². The normalized spacial score (nSPS) is 14.2. The summed E-state index contributed by atoms with van der Waals surface area (Å²) in [6.45, 7) is 3.14. The summed E-state index contributed by atoms with van der Waals surface area (Å²) in [5, 5.41) is 10.7. The number of anilines is 2. The van der Waals surface area contributed by atoms with Crippen molar-refractivity contribution in [2.75, 3.05) is 23.7 Å². The second-order valence-electron chi connectivity index (χ2n) is 3.08. The van der Waals surface area contributed by atoms with Crippen LogP contribution >= 0.6 is 0 Å². The van der Waals surface area contributed by atoms with Crippen LogP contribution in [0, 0.1) is 17.0 Å². The van der Waals surface area contributed by atoms with Gasteiger partial charge in [0.1, 0.15) is 5.69 Å². The fraction of sp³-hybridized carbons (Fsp3) is 0.429. The van der Waals surface area contributed by atoms with Crippen LogP contribution in [0.25, 0.3) is 0 Å². The maximum atomic E-state index is 10.7. The van der Waals surface area contributed by atoms with Crippen molar-refractivity contribution in [2.45, 2.75) is 6.92 Å². The van der Waals surface area contributed by atoms with Gasteiger partial charge < -0.3 is 10.6 Å². The lowest BCUT2D eigenvalue weighted by atomic mass is 10.3. The first-order chi connectivity index (χ1) is 6.59. The number of nitrogen functional groups attached to an aromatic ring is 1. The molecule has 0 atom stereocenters. The van der Waals surface area contributed by atoms with Crippen LogP contribution in [0.2, 0.25) is 0 Å². The molecule has 1 fully saturated rings. The monoisotopic (exact) mass is 195 g/mol. The quantitative estimate of drug-likeness (QED) is 0.408. The van der Waals surface area contributed by atoms with Gasteiger partial charge in [-0.25, -0.2) is 4.98 Å². The molecule has 7 nitrogen and oxygen atoms in total. The van der Waals surface area contributed by atoms with Crippen LogP contribution in [0.5, 0.6) is 0 Å². The standard InChI is InChI=1S/C7H9N5O2/c1-4-5(12(13)14)6(11-2-3-11)10-7(8)9-4/h2-3H2,1H3,(H2,8,9,10). The van der Waals surface area contributed by atoms with E-state index < -0.39 is 4.92 Å². The minimum absolute atomic E-state index is 0.0447. The van der Waals surface area contributed by atoms with Gasteiger partial charge in [0.25, 0.3) is 0 Å². The van der Waals surface area contributed by atoms with Crippen molar-refractivity contribution in [1.82, 2.24) is 9.97 Å². The van der Waals surface area contributed by atoms with Crippen LogP contribution in [0.15, 0.2) is 0 Å². The summed E-state index contributed by atoms with van der Waals surface area (Å²) in [5.41, 5.74) is 5.69. The Morgan fingerprint density at radius 2 is 2.14 bits per heavy atom. The fourth-order valence-electron chi connectivity index (χ4n) is 1.27. The predicted molar refractivity (Wildman–Crippen MR) is 50.0 cm³/mol. The van der Waals surface area contributed by atoms with Crippen LogP contribution < -0.4 is 10.6 Å². The average molecular weight is 195 g/mol. The van der Waals surface area contributed by atoms with Crippen molar-refractivity contribution in [3.63, 3.8) is 0 Å². The summed E-state index contributed by atoms with van der Waals surface area (Å²) in [6.07, 6.45) is 0. The zero-order valence-electron chi connectivity index (χ0n) is 7.60. The molecule has 0 amide bonds. The molecule has 7 heteroatoms. The highest BCUT2D eigenvalue weighted by molar-refractivity contribution is 5.64. The molecule has 0 spiro atoms. The molecule has 1 aliphatic rings. The summed E-state index contributed by atoms with van der Waals surface area (Å²) >= 11 is 0. The zero-order valence-corrected chi connectivity index (χ0v) is 7.60. The van der Waals surface area contributed by atoms with Gasteiger partial charge in [0, 0.05) is 13.1 Å². The van der Waals surface area contributed by atoms with E-state index in [-0.39, 0.29) is 11.6 Å². The number of nitrogens with zero attached hydrogens (tertiary/aromatic N) is 4. The van der Waals surface area contributed by atoms with E-state index in [1.54, 1.807) is 11.8 Å². The summed E-state index contributed by atoms with van der Waals surface area (Å²) in [7, 11) is 0. The Balaban J connectivity index is 2.58. The molecule has 0 unspecified atom stereocenters. The van der Waals surface area contributed by atoms with Gasteiger partial charge in [-0.2, -0.15) is 4.98 Å². The Morgan fingerprint density at radius 3 is 2.64 bits per heavy atom. The smallest absolute Gasteiger partial charge is 0.332 e. The second kappa shape index (κ2) is 2.79. The summed E-state index contributed by atoms with van der Waals surface area (Å²) < 4.78 is 0. The topological polar surface area (TPSA) is 97.9 Å². The van der Waals surface area contributed by atoms with Crippen LogP contribution in [-0.4, -0.2) is 28.0 Å². The van der Waals surface area contributed by atoms with E-state index in [1.807, 2.05) is 0 Å². The van der Waals surface area contributed by atoms with E-state index in [4.69, 9.17) is 5.73 Å². The third kappa shape index (κ3) is 1.32. The van der Waals surface area contributed by atoms with E-state index in [9.17, 15) is 10.1 Å². The molecule has 1 aromatic rings. The van der Waals surface area contributed by atoms with Gasteiger partial charge in [-0.3, -0.25) is 10.1 Å². The van der Waals surface area contributed by atoms with Crippen molar-refractivity contribution in [2.24, 2.45) is 0 Å². The van der Waals surface area contributed by atoms with Gasteiger partial charge in [-0.05, 0) is 6.92 Å². The molecule has 1 aliphatic heterocycles. The lowest BCUT2D eigenvalue weighted by Crippen LogP contribution is -2.07. The predicted octanol–water partition coefficient (Wildman–Crippen LogP) is 0.0954. The van der Waals surface area contributed by atoms with Gasteiger partial charge in [0.2, 0.25) is 11.8 Å². The summed E-state index contributed by atoms with van der Waals surface area (Å²) in [5.74, 6) is 0.412. The van der Waals surface area contributed by atoms with Gasteiger partial charge in [-0.15, -0.1) is 0 Å². The van der Waals surface area contributed by atoms with Crippen molar-refractivity contribution in [3.8, 4) is 0 Å². The Labute approximate surface area is 79.7 Å². The van der Waals surface area contributed by atoms with Crippen molar-refractivity contribution in [3.05, 3.63) is 15.8 Å². The first kappa shape index (κ1) is 8.67. The zero-order chi connectivity index (χ0) is 10.3. The van der Waals surface area contributed by atoms with Gasteiger partial charge in [0.05, 0.1) is 4.92 Å².